The molecule has 2 unspecified atom stereocenters. The Bertz CT molecular complexity index is 334. The molecule has 0 saturated carbocycles. The SMILES string of the molecule is CC(C)C1C=C2C=CC=CC2OC1=O. The van der Waals surface area contributed by atoms with Crippen molar-refractivity contribution in [3.8, 4) is 0 Å². The molecular formula is C12H14O2. The molecule has 0 aromatic heterocycles. The first-order chi connectivity index (χ1) is 6.68. The second-order valence-electron chi connectivity index (χ2n) is 4.04. The Morgan fingerprint density at radius 3 is 2.86 bits per heavy atom. The molecule has 14 heavy (non-hydrogen) atoms. The lowest BCUT2D eigenvalue weighted by atomic mass is 9.88. The van der Waals surface area contributed by atoms with Crippen LogP contribution in [0.3, 0.4) is 0 Å². The van der Waals surface area contributed by atoms with Gasteiger partial charge < -0.3 is 4.74 Å². The summed E-state index contributed by atoms with van der Waals surface area (Å²) < 4.78 is 5.32. The molecule has 0 aromatic carbocycles. The van der Waals surface area contributed by atoms with Gasteiger partial charge in [0, 0.05) is 0 Å². The van der Waals surface area contributed by atoms with E-state index in [0.29, 0.717) is 5.92 Å². The van der Waals surface area contributed by atoms with Gasteiger partial charge in [-0.1, -0.05) is 38.2 Å². The lowest BCUT2D eigenvalue weighted by Gasteiger charge is -2.28. The Labute approximate surface area is 83.9 Å². The number of hydrogen-bond acceptors (Lipinski definition) is 2. The zero-order valence-electron chi connectivity index (χ0n) is 8.44. The van der Waals surface area contributed by atoms with Gasteiger partial charge in [0.25, 0.3) is 0 Å². The van der Waals surface area contributed by atoms with Gasteiger partial charge in [0.2, 0.25) is 0 Å². The first-order valence-electron chi connectivity index (χ1n) is 4.95. The fraction of sp³-hybridized carbons (Fsp3) is 0.417. The lowest BCUT2D eigenvalue weighted by molar-refractivity contribution is -0.151. The molecule has 1 heterocycles. The average Bonchev–Trinajstić information content (AvgIpc) is 2.16. The summed E-state index contributed by atoms with van der Waals surface area (Å²) in [6.07, 6.45) is 9.67. The Hall–Kier alpha value is -1.31. The van der Waals surface area contributed by atoms with Crippen molar-refractivity contribution in [2.45, 2.75) is 20.0 Å². The lowest BCUT2D eigenvalue weighted by Crippen LogP contribution is -2.32. The van der Waals surface area contributed by atoms with E-state index in [1.165, 1.54) is 0 Å². The minimum absolute atomic E-state index is 0.0857. The smallest absolute Gasteiger partial charge is 0.314 e. The molecule has 0 fully saturated rings. The van der Waals surface area contributed by atoms with Crippen LogP contribution >= 0.6 is 0 Å². The van der Waals surface area contributed by atoms with Crippen LogP contribution in [0.5, 0.6) is 0 Å². The third kappa shape index (κ3) is 1.52. The number of carbonyl (C=O) groups is 1. The van der Waals surface area contributed by atoms with Crippen molar-refractivity contribution in [3.05, 3.63) is 36.0 Å². The molecule has 0 radical (unpaired) electrons. The topological polar surface area (TPSA) is 26.3 Å². The van der Waals surface area contributed by atoms with Crippen LogP contribution < -0.4 is 0 Å². The van der Waals surface area contributed by atoms with E-state index in [0.717, 1.165) is 5.57 Å². The highest BCUT2D eigenvalue weighted by molar-refractivity contribution is 5.77. The van der Waals surface area contributed by atoms with Crippen molar-refractivity contribution >= 4 is 5.97 Å². The number of allylic oxidation sites excluding steroid dienone is 2. The van der Waals surface area contributed by atoms with Gasteiger partial charge in [-0.2, -0.15) is 0 Å². The number of carbonyl (C=O) groups excluding carboxylic acids is 1. The highest BCUT2D eigenvalue weighted by Crippen LogP contribution is 2.27. The van der Waals surface area contributed by atoms with E-state index in [1.54, 1.807) is 0 Å². The summed E-state index contributed by atoms with van der Waals surface area (Å²) >= 11 is 0. The van der Waals surface area contributed by atoms with Crippen molar-refractivity contribution in [1.82, 2.24) is 0 Å². The summed E-state index contributed by atoms with van der Waals surface area (Å²) in [6, 6.07) is 0. The van der Waals surface area contributed by atoms with E-state index in [4.69, 9.17) is 4.74 Å². The first kappa shape index (κ1) is 9.25. The number of fused-ring (bicyclic) bond motifs is 1. The maximum Gasteiger partial charge on any atom is 0.314 e. The van der Waals surface area contributed by atoms with Gasteiger partial charge in [0.05, 0.1) is 5.92 Å². The van der Waals surface area contributed by atoms with Gasteiger partial charge >= 0.3 is 5.97 Å². The highest BCUT2D eigenvalue weighted by atomic mass is 16.5. The maximum atomic E-state index is 11.6. The Balaban J connectivity index is 2.30. The summed E-state index contributed by atoms with van der Waals surface area (Å²) in [7, 11) is 0. The van der Waals surface area contributed by atoms with Crippen molar-refractivity contribution in [2.24, 2.45) is 11.8 Å². The number of esters is 1. The van der Waals surface area contributed by atoms with E-state index >= 15 is 0 Å². The predicted octanol–water partition coefficient (Wildman–Crippen LogP) is 2.24. The standard InChI is InChI=1S/C12H14O2/c1-8(2)10-7-9-5-3-4-6-11(9)14-12(10)13/h3-8,10-11H,1-2H3. The number of rotatable bonds is 1. The fourth-order valence-electron chi connectivity index (χ4n) is 1.74. The van der Waals surface area contributed by atoms with Crippen molar-refractivity contribution < 1.29 is 9.53 Å². The van der Waals surface area contributed by atoms with Crippen molar-refractivity contribution in [3.63, 3.8) is 0 Å². The molecule has 2 aliphatic rings. The summed E-state index contributed by atoms with van der Waals surface area (Å²) in [5.74, 6) is 0.112. The molecule has 0 aromatic rings. The van der Waals surface area contributed by atoms with E-state index in [1.807, 2.05) is 44.2 Å². The summed E-state index contributed by atoms with van der Waals surface area (Å²) in [5.41, 5.74) is 1.10. The zero-order valence-corrected chi connectivity index (χ0v) is 8.44. The first-order valence-corrected chi connectivity index (χ1v) is 4.95. The van der Waals surface area contributed by atoms with E-state index < -0.39 is 0 Å². The highest BCUT2D eigenvalue weighted by Gasteiger charge is 2.30. The van der Waals surface area contributed by atoms with Crippen LogP contribution in [0.1, 0.15) is 13.8 Å². The molecule has 2 nitrogen and oxygen atoms in total. The number of ether oxygens (including phenoxy) is 1. The molecular weight excluding hydrogens is 176 g/mol. The van der Waals surface area contributed by atoms with E-state index in [-0.39, 0.29) is 18.0 Å². The molecule has 0 amide bonds. The van der Waals surface area contributed by atoms with Crippen LogP contribution in [-0.2, 0) is 9.53 Å². The largest absolute Gasteiger partial charge is 0.453 e. The average molecular weight is 190 g/mol. The fourth-order valence-corrected chi connectivity index (χ4v) is 1.74. The molecule has 0 N–H and O–H groups in total. The summed E-state index contributed by atoms with van der Waals surface area (Å²) in [5, 5.41) is 0. The van der Waals surface area contributed by atoms with Crippen molar-refractivity contribution in [2.75, 3.05) is 0 Å². The normalized spacial score (nSPS) is 29.9. The van der Waals surface area contributed by atoms with Gasteiger partial charge in [-0.25, -0.2) is 0 Å². The van der Waals surface area contributed by atoms with Crippen LogP contribution in [-0.4, -0.2) is 12.1 Å². The van der Waals surface area contributed by atoms with Crippen LogP contribution in [0.15, 0.2) is 36.0 Å². The van der Waals surface area contributed by atoms with Gasteiger partial charge in [0.15, 0.2) is 0 Å². The van der Waals surface area contributed by atoms with Crippen LogP contribution in [0.4, 0.5) is 0 Å². The van der Waals surface area contributed by atoms with Crippen LogP contribution in [0, 0.1) is 11.8 Å². The third-order valence-electron chi connectivity index (χ3n) is 2.62. The summed E-state index contributed by atoms with van der Waals surface area (Å²) in [4.78, 5) is 11.6. The molecule has 74 valence electrons. The Kier molecular flexibility index (Phi) is 2.28. The molecule has 0 saturated heterocycles. The monoisotopic (exact) mass is 190 g/mol. The van der Waals surface area contributed by atoms with E-state index in [9.17, 15) is 4.79 Å². The minimum Gasteiger partial charge on any atom is -0.453 e. The van der Waals surface area contributed by atoms with Gasteiger partial charge in [0.1, 0.15) is 6.10 Å². The zero-order chi connectivity index (χ0) is 10.1. The maximum absolute atomic E-state index is 11.6. The number of hydrogen-bond donors (Lipinski definition) is 0. The Morgan fingerprint density at radius 2 is 2.14 bits per heavy atom. The molecule has 2 rings (SSSR count). The van der Waals surface area contributed by atoms with Gasteiger partial charge in [-0.3, -0.25) is 4.79 Å². The molecule has 2 atom stereocenters. The molecule has 2 heteroatoms. The molecule has 1 aliphatic heterocycles. The second-order valence-corrected chi connectivity index (χ2v) is 4.04. The van der Waals surface area contributed by atoms with E-state index in [2.05, 4.69) is 0 Å². The van der Waals surface area contributed by atoms with Crippen LogP contribution in [0.25, 0.3) is 0 Å². The molecule has 0 bridgehead atoms. The third-order valence-corrected chi connectivity index (χ3v) is 2.62. The quantitative estimate of drug-likeness (QED) is 0.593. The minimum atomic E-state index is -0.150. The van der Waals surface area contributed by atoms with Crippen molar-refractivity contribution in [1.29, 1.82) is 0 Å². The predicted molar refractivity (Wildman–Crippen MR) is 54.6 cm³/mol. The molecule has 1 aliphatic carbocycles. The summed E-state index contributed by atoms with van der Waals surface area (Å²) in [6.45, 7) is 4.07. The van der Waals surface area contributed by atoms with Gasteiger partial charge in [-0.15, -0.1) is 0 Å². The molecule has 0 spiro atoms. The van der Waals surface area contributed by atoms with Crippen LogP contribution in [0.2, 0.25) is 0 Å². The van der Waals surface area contributed by atoms with Gasteiger partial charge in [-0.05, 0) is 17.6 Å². The Morgan fingerprint density at radius 1 is 1.36 bits per heavy atom. The second kappa shape index (κ2) is 3.45.